The molecule has 6 nitrogen and oxygen atoms in total. The first-order chi connectivity index (χ1) is 13.0. The van der Waals surface area contributed by atoms with Crippen molar-refractivity contribution in [2.24, 2.45) is 4.99 Å². The van der Waals surface area contributed by atoms with Crippen LogP contribution in [0.2, 0.25) is 0 Å². The van der Waals surface area contributed by atoms with Gasteiger partial charge in [0.15, 0.2) is 5.96 Å². The van der Waals surface area contributed by atoms with Gasteiger partial charge >= 0.3 is 6.55 Å². The van der Waals surface area contributed by atoms with Gasteiger partial charge in [0, 0.05) is 25.5 Å². The van der Waals surface area contributed by atoms with Crippen LogP contribution in [0.5, 0.6) is 5.75 Å². The van der Waals surface area contributed by atoms with Gasteiger partial charge in [-0.25, -0.2) is 9.98 Å². The third kappa shape index (κ3) is 7.25. The van der Waals surface area contributed by atoms with Crippen LogP contribution >= 0.6 is 24.0 Å². The first-order valence-corrected chi connectivity index (χ1v) is 9.01. The molecule has 0 aliphatic heterocycles. The standard InChI is InChI=1S/C19H27F2N5O.HI/c1-4-22-19(25-13-17-23-11-12-26(17)18(20)21)24-10-9-14(2)15-5-7-16(27-3)8-6-15;/h5-8,11-12,14,18H,4,9-10,13H2,1-3H3,(H2,22,24,25);1H. The van der Waals surface area contributed by atoms with Gasteiger partial charge in [-0.15, -0.1) is 24.0 Å². The van der Waals surface area contributed by atoms with Crippen LogP contribution in [-0.2, 0) is 6.54 Å². The van der Waals surface area contributed by atoms with E-state index in [0.717, 1.165) is 16.7 Å². The minimum absolute atomic E-state index is 0. The van der Waals surface area contributed by atoms with E-state index in [1.54, 1.807) is 7.11 Å². The Morgan fingerprint density at radius 1 is 1.25 bits per heavy atom. The van der Waals surface area contributed by atoms with E-state index in [1.807, 2.05) is 19.1 Å². The van der Waals surface area contributed by atoms with Crippen LogP contribution < -0.4 is 15.4 Å². The van der Waals surface area contributed by atoms with Crippen molar-refractivity contribution in [3.05, 3.63) is 48.0 Å². The molecule has 2 N–H and O–H groups in total. The fourth-order valence-corrected chi connectivity index (χ4v) is 2.64. The Morgan fingerprint density at radius 3 is 2.57 bits per heavy atom. The lowest BCUT2D eigenvalue weighted by atomic mass is 9.98. The summed E-state index contributed by atoms with van der Waals surface area (Å²) in [6.45, 7) is 2.98. The number of benzene rings is 1. The maximum absolute atomic E-state index is 12.9. The highest BCUT2D eigenvalue weighted by molar-refractivity contribution is 14.0. The third-order valence-electron chi connectivity index (χ3n) is 4.24. The summed E-state index contributed by atoms with van der Waals surface area (Å²) in [6, 6.07) is 8.03. The summed E-state index contributed by atoms with van der Waals surface area (Å²) in [4.78, 5) is 8.29. The van der Waals surface area contributed by atoms with Crippen molar-refractivity contribution >= 4 is 29.9 Å². The van der Waals surface area contributed by atoms with Crippen LogP contribution in [0.3, 0.4) is 0 Å². The number of guanidine groups is 1. The molecule has 1 aromatic carbocycles. The maximum atomic E-state index is 12.9. The van der Waals surface area contributed by atoms with E-state index < -0.39 is 6.55 Å². The smallest absolute Gasteiger partial charge is 0.319 e. The number of rotatable bonds is 9. The third-order valence-corrected chi connectivity index (χ3v) is 4.24. The Balaban J connectivity index is 0.00000392. The van der Waals surface area contributed by atoms with Gasteiger partial charge in [0.05, 0.1) is 7.11 Å². The van der Waals surface area contributed by atoms with Crippen molar-refractivity contribution in [3.8, 4) is 5.75 Å². The molecule has 2 aromatic rings. The largest absolute Gasteiger partial charge is 0.497 e. The highest BCUT2D eigenvalue weighted by atomic mass is 127. The van der Waals surface area contributed by atoms with Gasteiger partial charge in [-0.2, -0.15) is 8.78 Å². The molecule has 0 fully saturated rings. The maximum Gasteiger partial charge on any atom is 0.319 e. The Bertz CT molecular complexity index is 721. The average Bonchev–Trinajstić information content (AvgIpc) is 3.15. The van der Waals surface area contributed by atoms with Gasteiger partial charge < -0.3 is 15.4 Å². The second-order valence-corrected chi connectivity index (χ2v) is 6.11. The zero-order valence-electron chi connectivity index (χ0n) is 16.4. The van der Waals surface area contributed by atoms with Crippen molar-refractivity contribution in [2.75, 3.05) is 20.2 Å². The molecule has 1 atom stereocenters. The van der Waals surface area contributed by atoms with Crippen molar-refractivity contribution in [2.45, 2.75) is 39.3 Å². The number of methoxy groups -OCH3 is 1. The molecule has 9 heteroatoms. The summed E-state index contributed by atoms with van der Waals surface area (Å²) in [5.41, 5.74) is 1.23. The van der Waals surface area contributed by atoms with Crippen LogP contribution in [0.25, 0.3) is 0 Å². The fraction of sp³-hybridized carbons (Fsp3) is 0.474. The van der Waals surface area contributed by atoms with Crippen molar-refractivity contribution in [1.29, 1.82) is 0 Å². The number of aliphatic imine (C=N–C) groups is 1. The highest BCUT2D eigenvalue weighted by Crippen LogP contribution is 2.21. The predicted octanol–water partition coefficient (Wildman–Crippen LogP) is 4.15. The van der Waals surface area contributed by atoms with Gasteiger partial charge in [0.2, 0.25) is 0 Å². The number of nitrogens with zero attached hydrogens (tertiary/aromatic N) is 3. The van der Waals surface area contributed by atoms with E-state index in [2.05, 4.69) is 39.7 Å². The SMILES string of the molecule is CCNC(=NCc1nccn1C(F)F)NCCC(C)c1ccc(OC)cc1.I. The number of hydrogen-bond donors (Lipinski definition) is 2. The number of halogens is 3. The molecular formula is C19H28F2IN5O. The summed E-state index contributed by atoms with van der Waals surface area (Å²) in [7, 11) is 1.65. The zero-order chi connectivity index (χ0) is 19.6. The minimum atomic E-state index is -2.61. The molecule has 0 spiro atoms. The fourth-order valence-electron chi connectivity index (χ4n) is 2.64. The van der Waals surface area contributed by atoms with Crippen molar-refractivity contribution in [1.82, 2.24) is 20.2 Å². The Morgan fingerprint density at radius 2 is 1.96 bits per heavy atom. The van der Waals surface area contributed by atoms with E-state index in [-0.39, 0.29) is 36.3 Å². The summed E-state index contributed by atoms with van der Waals surface area (Å²) in [5, 5.41) is 6.36. The molecule has 1 unspecified atom stereocenters. The molecule has 1 heterocycles. The number of imidazole rings is 1. The molecule has 0 saturated carbocycles. The first-order valence-electron chi connectivity index (χ1n) is 9.01. The average molecular weight is 507 g/mol. The predicted molar refractivity (Wildman–Crippen MR) is 118 cm³/mol. The van der Waals surface area contributed by atoms with E-state index in [4.69, 9.17) is 4.74 Å². The number of hydrogen-bond acceptors (Lipinski definition) is 3. The van der Waals surface area contributed by atoms with Gasteiger partial charge in [0.1, 0.15) is 18.1 Å². The quantitative estimate of drug-likeness (QED) is 0.304. The summed E-state index contributed by atoms with van der Waals surface area (Å²) in [5.74, 6) is 2.02. The lowest BCUT2D eigenvalue weighted by Crippen LogP contribution is -2.38. The molecule has 2 rings (SSSR count). The van der Waals surface area contributed by atoms with Crippen LogP contribution in [0.4, 0.5) is 8.78 Å². The molecule has 0 bridgehead atoms. The first kappa shape index (κ1) is 24.1. The second kappa shape index (κ2) is 12.5. The number of ether oxygens (including phenoxy) is 1. The summed E-state index contributed by atoms with van der Waals surface area (Å²) < 4.78 is 31.7. The zero-order valence-corrected chi connectivity index (χ0v) is 18.7. The van der Waals surface area contributed by atoms with E-state index in [9.17, 15) is 8.78 Å². The normalized spacial score (nSPS) is 12.4. The Hall–Kier alpha value is -1.91. The van der Waals surface area contributed by atoms with Crippen LogP contribution in [-0.4, -0.2) is 35.7 Å². The Labute approximate surface area is 181 Å². The number of nitrogens with one attached hydrogen (secondary N) is 2. The lowest BCUT2D eigenvalue weighted by Gasteiger charge is -2.15. The van der Waals surface area contributed by atoms with Gasteiger partial charge in [-0.05, 0) is 37.0 Å². The van der Waals surface area contributed by atoms with Crippen LogP contribution in [0.15, 0.2) is 41.7 Å². The summed E-state index contributed by atoms with van der Waals surface area (Å²) in [6.07, 6.45) is 3.52. The number of aromatic nitrogens is 2. The lowest BCUT2D eigenvalue weighted by molar-refractivity contribution is 0.0671. The molecule has 0 radical (unpaired) electrons. The van der Waals surface area contributed by atoms with E-state index >= 15 is 0 Å². The monoisotopic (exact) mass is 507 g/mol. The molecule has 0 amide bonds. The Kier molecular flexibility index (Phi) is 10.8. The van der Waals surface area contributed by atoms with Gasteiger partial charge in [0.25, 0.3) is 0 Å². The van der Waals surface area contributed by atoms with Gasteiger partial charge in [-0.3, -0.25) is 4.57 Å². The molecule has 1 aromatic heterocycles. The van der Waals surface area contributed by atoms with Crippen molar-refractivity contribution < 1.29 is 13.5 Å². The highest BCUT2D eigenvalue weighted by Gasteiger charge is 2.11. The number of alkyl halides is 2. The van der Waals surface area contributed by atoms with E-state index in [0.29, 0.717) is 25.0 Å². The van der Waals surface area contributed by atoms with Crippen LogP contribution in [0, 0.1) is 0 Å². The molecule has 0 aliphatic carbocycles. The summed E-state index contributed by atoms with van der Waals surface area (Å²) >= 11 is 0. The minimum Gasteiger partial charge on any atom is -0.497 e. The molecule has 28 heavy (non-hydrogen) atoms. The van der Waals surface area contributed by atoms with E-state index in [1.165, 1.54) is 18.0 Å². The molecule has 0 saturated heterocycles. The van der Waals surface area contributed by atoms with Gasteiger partial charge in [-0.1, -0.05) is 19.1 Å². The molecular weight excluding hydrogens is 479 g/mol. The second-order valence-electron chi connectivity index (χ2n) is 6.11. The topological polar surface area (TPSA) is 63.5 Å². The van der Waals surface area contributed by atoms with Crippen molar-refractivity contribution in [3.63, 3.8) is 0 Å². The van der Waals surface area contributed by atoms with Crippen LogP contribution in [0.1, 0.15) is 44.1 Å². The molecule has 0 aliphatic rings. The molecule has 156 valence electrons.